The smallest absolute Gasteiger partial charge is 0.0569 e. The molecule has 1 atom stereocenters. The fourth-order valence-electron chi connectivity index (χ4n) is 1.89. The van der Waals surface area contributed by atoms with Crippen molar-refractivity contribution in [2.45, 2.75) is 19.5 Å². The van der Waals surface area contributed by atoms with Gasteiger partial charge in [0.15, 0.2) is 0 Å². The Kier molecular flexibility index (Phi) is 4.40. The van der Waals surface area contributed by atoms with Crippen LogP contribution in [0.15, 0.2) is 42.6 Å². The normalized spacial score (nSPS) is 12.2. The Hall–Kier alpha value is -1.58. The van der Waals surface area contributed by atoms with E-state index in [1.807, 2.05) is 50.5 Å². The Labute approximate surface area is 119 Å². The van der Waals surface area contributed by atoms with Crippen molar-refractivity contribution in [1.82, 2.24) is 4.98 Å². The van der Waals surface area contributed by atoms with Gasteiger partial charge < -0.3 is 10.6 Å². The van der Waals surface area contributed by atoms with Crippen molar-refractivity contribution >= 4 is 17.3 Å². The lowest BCUT2D eigenvalue weighted by Gasteiger charge is -2.19. The van der Waals surface area contributed by atoms with Crippen LogP contribution in [-0.2, 0) is 6.54 Å². The standard InChI is InChI=1S/C15H18ClN3/c1-11(17)15-7-6-14(9-18-15)19(2)10-12-4-3-5-13(16)8-12/h3-9,11H,10,17H2,1-2H3/t11-/m1/s1. The number of nitrogens with zero attached hydrogens (tertiary/aromatic N) is 2. The average molecular weight is 276 g/mol. The number of halogens is 1. The van der Waals surface area contributed by atoms with E-state index < -0.39 is 0 Å². The zero-order valence-electron chi connectivity index (χ0n) is 11.2. The Balaban J connectivity index is 2.09. The molecule has 2 aromatic rings. The van der Waals surface area contributed by atoms with Gasteiger partial charge in [0.2, 0.25) is 0 Å². The maximum Gasteiger partial charge on any atom is 0.0569 e. The first-order chi connectivity index (χ1) is 9.06. The minimum absolute atomic E-state index is 0.0349. The molecule has 100 valence electrons. The summed E-state index contributed by atoms with van der Waals surface area (Å²) in [5.41, 5.74) is 8.92. The third kappa shape index (κ3) is 3.69. The minimum Gasteiger partial charge on any atom is -0.369 e. The highest BCUT2D eigenvalue weighted by atomic mass is 35.5. The first kappa shape index (κ1) is 13.8. The number of anilines is 1. The number of nitrogens with two attached hydrogens (primary N) is 1. The monoisotopic (exact) mass is 275 g/mol. The molecule has 1 heterocycles. The van der Waals surface area contributed by atoms with E-state index in [-0.39, 0.29) is 6.04 Å². The van der Waals surface area contributed by atoms with Crippen molar-refractivity contribution in [3.63, 3.8) is 0 Å². The molecule has 0 fully saturated rings. The van der Waals surface area contributed by atoms with E-state index in [4.69, 9.17) is 17.3 Å². The van der Waals surface area contributed by atoms with Gasteiger partial charge in [-0.3, -0.25) is 4.98 Å². The highest BCUT2D eigenvalue weighted by Gasteiger charge is 2.05. The molecular weight excluding hydrogens is 258 g/mol. The number of pyridine rings is 1. The molecule has 1 aromatic carbocycles. The van der Waals surface area contributed by atoms with Crippen molar-refractivity contribution < 1.29 is 0 Å². The quantitative estimate of drug-likeness (QED) is 0.930. The molecule has 0 unspecified atom stereocenters. The Morgan fingerprint density at radius 3 is 2.68 bits per heavy atom. The van der Waals surface area contributed by atoms with Crippen molar-refractivity contribution in [3.8, 4) is 0 Å². The average Bonchev–Trinajstić information content (AvgIpc) is 2.39. The molecule has 0 radical (unpaired) electrons. The number of benzene rings is 1. The summed E-state index contributed by atoms with van der Waals surface area (Å²) in [5.74, 6) is 0. The third-order valence-corrected chi connectivity index (χ3v) is 3.22. The molecule has 2 N–H and O–H groups in total. The zero-order valence-corrected chi connectivity index (χ0v) is 11.9. The maximum absolute atomic E-state index is 5.99. The molecule has 0 amide bonds. The molecule has 0 bridgehead atoms. The van der Waals surface area contributed by atoms with Gasteiger partial charge in [-0.2, -0.15) is 0 Å². The zero-order chi connectivity index (χ0) is 13.8. The van der Waals surface area contributed by atoms with Crippen LogP contribution in [-0.4, -0.2) is 12.0 Å². The third-order valence-electron chi connectivity index (χ3n) is 2.99. The highest BCUT2D eigenvalue weighted by Crippen LogP contribution is 2.18. The SMILES string of the molecule is C[C@@H](N)c1ccc(N(C)Cc2cccc(Cl)c2)cn1. The molecule has 3 nitrogen and oxygen atoms in total. The highest BCUT2D eigenvalue weighted by molar-refractivity contribution is 6.30. The van der Waals surface area contributed by atoms with Gasteiger partial charge in [-0.15, -0.1) is 0 Å². The van der Waals surface area contributed by atoms with Crippen LogP contribution in [0.4, 0.5) is 5.69 Å². The topological polar surface area (TPSA) is 42.1 Å². The fourth-order valence-corrected chi connectivity index (χ4v) is 2.11. The van der Waals surface area contributed by atoms with Crippen LogP contribution in [0.5, 0.6) is 0 Å². The molecule has 0 spiro atoms. The lowest BCUT2D eigenvalue weighted by Crippen LogP contribution is -2.17. The predicted molar refractivity (Wildman–Crippen MR) is 80.4 cm³/mol. The number of hydrogen-bond acceptors (Lipinski definition) is 3. The van der Waals surface area contributed by atoms with E-state index in [1.54, 1.807) is 0 Å². The van der Waals surface area contributed by atoms with E-state index in [0.717, 1.165) is 22.9 Å². The fraction of sp³-hybridized carbons (Fsp3) is 0.267. The molecule has 1 aromatic heterocycles. The molecule has 0 aliphatic carbocycles. The second-order valence-corrected chi connectivity index (χ2v) is 5.15. The van der Waals surface area contributed by atoms with Crippen LogP contribution < -0.4 is 10.6 Å². The van der Waals surface area contributed by atoms with Gasteiger partial charge in [0, 0.05) is 24.7 Å². The van der Waals surface area contributed by atoms with Crippen LogP contribution in [0.1, 0.15) is 24.2 Å². The van der Waals surface area contributed by atoms with Gasteiger partial charge in [0.25, 0.3) is 0 Å². The maximum atomic E-state index is 5.99. The van der Waals surface area contributed by atoms with E-state index in [9.17, 15) is 0 Å². The van der Waals surface area contributed by atoms with Crippen molar-refractivity contribution in [2.75, 3.05) is 11.9 Å². The van der Waals surface area contributed by atoms with Gasteiger partial charge in [0.05, 0.1) is 17.6 Å². The summed E-state index contributed by atoms with van der Waals surface area (Å²) >= 11 is 5.99. The summed E-state index contributed by atoms with van der Waals surface area (Å²) in [5, 5.41) is 0.760. The van der Waals surface area contributed by atoms with E-state index in [0.29, 0.717) is 0 Å². The Bertz CT molecular complexity index is 537. The van der Waals surface area contributed by atoms with Gasteiger partial charge in [-0.25, -0.2) is 0 Å². The Morgan fingerprint density at radius 1 is 1.32 bits per heavy atom. The largest absolute Gasteiger partial charge is 0.369 e. The first-order valence-corrected chi connectivity index (χ1v) is 6.61. The van der Waals surface area contributed by atoms with Crippen LogP contribution >= 0.6 is 11.6 Å². The lowest BCUT2D eigenvalue weighted by molar-refractivity contribution is 0.779. The summed E-state index contributed by atoms with van der Waals surface area (Å²) < 4.78 is 0. The molecule has 19 heavy (non-hydrogen) atoms. The number of hydrogen-bond donors (Lipinski definition) is 1. The first-order valence-electron chi connectivity index (χ1n) is 6.23. The Morgan fingerprint density at radius 2 is 2.11 bits per heavy atom. The van der Waals surface area contributed by atoms with Crippen molar-refractivity contribution in [2.24, 2.45) is 5.73 Å². The molecule has 0 saturated heterocycles. The van der Waals surface area contributed by atoms with E-state index >= 15 is 0 Å². The molecule has 2 rings (SSSR count). The van der Waals surface area contributed by atoms with Crippen LogP contribution in [0.3, 0.4) is 0 Å². The van der Waals surface area contributed by atoms with Gasteiger partial charge in [0.1, 0.15) is 0 Å². The van der Waals surface area contributed by atoms with Gasteiger partial charge in [-0.1, -0.05) is 23.7 Å². The summed E-state index contributed by atoms with van der Waals surface area (Å²) in [6.45, 7) is 2.72. The lowest BCUT2D eigenvalue weighted by atomic mass is 10.2. The second-order valence-electron chi connectivity index (χ2n) is 4.72. The molecule has 0 aliphatic rings. The number of rotatable bonds is 4. The van der Waals surface area contributed by atoms with Crippen LogP contribution in [0, 0.1) is 0 Å². The molecule has 4 heteroatoms. The molecule has 0 saturated carbocycles. The van der Waals surface area contributed by atoms with Crippen LogP contribution in [0.2, 0.25) is 5.02 Å². The molecule has 0 aliphatic heterocycles. The summed E-state index contributed by atoms with van der Waals surface area (Å²) in [6.07, 6.45) is 1.85. The van der Waals surface area contributed by atoms with E-state index in [1.165, 1.54) is 5.56 Å². The minimum atomic E-state index is -0.0349. The van der Waals surface area contributed by atoms with Crippen LogP contribution in [0.25, 0.3) is 0 Å². The van der Waals surface area contributed by atoms with E-state index in [2.05, 4.69) is 16.0 Å². The summed E-state index contributed by atoms with van der Waals surface area (Å²) in [4.78, 5) is 6.49. The predicted octanol–water partition coefficient (Wildman–Crippen LogP) is 3.39. The van der Waals surface area contributed by atoms with Gasteiger partial charge in [-0.05, 0) is 36.8 Å². The van der Waals surface area contributed by atoms with Crippen molar-refractivity contribution in [1.29, 1.82) is 0 Å². The number of aromatic nitrogens is 1. The van der Waals surface area contributed by atoms with Crippen molar-refractivity contribution in [3.05, 3.63) is 58.9 Å². The summed E-state index contributed by atoms with van der Waals surface area (Å²) in [7, 11) is 2.03. The summed E-state index contributed by atoms with van der Waals surface area (Å²) in [6, 6.07) is 11.8. The second kappa shape index (κ2) is 6.04. The molecular formula is C15H18ClN3. The van der Waals surface area contributed by atoms with Gasteiger partial charge >= 0.3 is 0 Å².